The summed E-state index contributed by atoms with van der Waals surface area (Å²) in [7, 11) is 0. The molecule has 1 fully saturated rings. The Morgan fingerprint density at radius 3 is 2.61 bits per heavy atom. The van der Waals surface area contributed by atoms with Crippen molar-refractivity contribution in [1.82, 2.24) is 10.3 Å². The van der Waals surface area contributed by atoms with Gasteiger partial charge < -0.3 is 19.5 Å². The van der Waals surface area contributed by atoms with Gasteiger partial charge in [-0.1, -0.05) is 12.1 Å². The Bertz CT molecular complexity index is 1100. The van der Waals surface area contributed by atoms with Crippen LogP contribution in [0, 0.1) is 11.7 Å². The van der Waals surface area contributed by atoms with Gasteiger partial charge in [-0.15, -0.1) is 0 Å². The second kappa shape index (κ2) is 10.3. The number of rotatable bonds is 10. The number of ether oxygens (including phenoxy) is 3. The number of aromatic nitrogens is 1. The number of carbonyl (C=O) groups is 1. The minimum atomic E-state index is -0.492. The summed E-state index contributed by atoms with van der Waals surface area (Å²) in [6.45, 7) is 4.08. The second-order valence-electron chi connectivity index (χ2n) is 8.22. The number of hydrogen-bond acceptors (Lipinski definition) is 5. The molecule has 0 radical (unpaired) electrons. The van der Waals surface area contributed by atoms with Crippen LogP contribution in [0.15, 0.2) is 60.8 Å². The Kier molecular flexibility index (Phi) is 7.07. The molecular formula is C26H27FN2O4. The van der Waals surface area contributed by atoms with Crippen LogP contribution in [0.1, 0.15) is 44.0 Å². The molecule has 3 aromatic rings. The normalized spacial score (nSPS) is 13.8. The number of nitrogens with zero attached hydrogens (tertiary/aromatic N) is 1. The van der Waals surface area contributed by atoms with Crippen LogP contribution in [-0.2, 0) is 11.4 Å². The number of amides is 1. The molecule has 33 heavy (non-hydrogen) atoms. The third-order valence-corrected chi connectivity index (χ3v) is 5.27. The molecule has 1 aliphatic rings. The first-order chi connectivity index (χ1) is 16.0. The van der Waals surface area contributed by atoms with Crippen molar-refractivity contribution in [3.8, 4) is 23.0 Å². The van der Waals surface area contributed by atoms with Crippen molar-refractivity contribution in [3.05, 3.63) is 77.9 Å². The Balaban J connectivity index is 1.31. The third kappa shape index (κ3) is 6.68. The highest BCUT2D eigenvalue weighted by molar-refractivity contribution is 5.73. The number of pyridine rings is 1. The zero-order valence-corrected chi connectivity index (χ0v) is 18.7. The van der Waals surface area contributed by atoms with E-state index in [-0.39, 0.29) is 24.3 Å². The number of nitrogens with one attached hydrogen (secondary N) is 1. The molecule has 0 saturated heterocycles. The molecule has 6 nitrogen and oxygen atoms in total. The summed E-state index contributed by atoms with van der Waals surface area (Å²) in [4.78, 5) is 15.5. The van der Waals surface area contributed by atoms with Gasteiger partial charge in [0.05, 0.1) is 24.5 Å². The molecule has 1 amide bonds. The molecule has 1 aliphatic carbocycles. The maximum Gasteiger partial charge on any atom is 0.217 e. The van der Waals surface area contributed by atoms with Crippen molar-refractivity contribution in [2.24, 2.45) is 5.92 Å². The fourth-order valence-electron chi connectivity index (χ4n) is 3.26. The van der Waals surface area contributed by atoms with Crippen molar-refractivity contribution >= 4 is 5.91 Å². The first-order valence-corrected chi connectivity index (χ1v) is 11.0. The average molecular weight is 451 g/mol. The summed E-state index contributed by atoms with van der Waals surface area (Å²) >= 11 is 0. The van der Waals surface area contributed by atoms with Crippen molar-refractivity contribution in [1.29, 1.82) is 0 Å². The van der Waals surface area contributed by atoms with Crippen molar-refractivity contribution < 1.29 is 23.4 Å². The van der Waals surface area contributed by atoms with Crippen LogP contribution >= 0.6 is 0 Å². The van der Waals surface area contributed by atoms with E-state index in [0.717, 1.165) is 12.4 Å². The molecule has 2 aromatic carbocycles. The van der Waals surface area contributed by atoms with Gasteiger partial charge in [-0.3, -0.25) is 9.78 Å². The summed E-state index contributed by atoms with van der Waals surface area (Å²) in [6, 6.07) is 15.5. The molecule has 1 N–H and O–H groups in total. The number of benzene rings is 2. The molecule has 0 spiro atoms. The van der Waals surface area contributed by atoms with E-state index in [1.165, 1.54) is 25.8 Å². The van der Waals surface area contributed by atoms with Crippen LogP contribution in [0.5, 0.6) is 23.0 Å². The van der Waals surface area contributed by atoms with E-state index in [4.69, 9.17) is 14.2 Å². The summed E-state index contributed by atoms with van der Waals surface area (Å²) < 4.78 is 31.6. The molecule has 1 unspecified atom stereocenters. The first kappa shape index (κ1) is 22.6. The largest absolute Gasteiger partial charge is 0.493 e. The molecule has 172 valence electrons. The number of hydrogen-bond donors (Lipinski definition) is 1. The lowest BCUT2D eigenvalue weighted by molar-refractivity contribution is -0.119. The summed E-state index contributed by atoms with van der Waals surface area (Å²) in [6.07, 6.45) is 4.09. The van der Waals surface area contributed by atoms with Crippen LogP contribution in [0.2, 0.25) is 0 Å². The Labute approximate surface area is 192 Å². The van der Waals surface area contributed by atoms with Crippen LogP contribution in [0.3, 0.4) is 0 Å². The lowest BCUT2D eigenvalue weighted by Gasteiger charge is -2.14. The standard InChI is InChI=1S/C26H27FN2O4/c1-17(29-18(2)30)20-8-11-26(25(27)12-20)32-16-21-9-10-24(14-28-21)33-23-5-3-4-22(13-23)31-15-19-6-7-19/h3-5,8-14,17,19H,6-7,15-16H2,1-2H3,(H,29,30). The second-order valence-corrected chi connectivity index (χ2v) is 8.22. The Hall–Kier alpha value is -3.61. The number of carbonyl (C=O) groups excluding carboxylic acids is 1. The van der Waals surface area contributed by atoms with E-state index < -0.39 is 5.82 Å². The highest BCUT2D eigenvalue weighted by Gasteiger charge is 2.21. The highest BCUT2D eigenvalue weighted by atomic mass is 19.1. The van der Waals surface area contributed by atoms with Gasteiger partial charge >= 0.3 is 0 Å². The number of halogens is 1. The predicted molar refractivity (Wildman–Crippen MR) is 122 cm³/mol. The van der Waals surface area contributed by atoms with Crippen LogP contribution in [0.25, 0.3) is 0 Å². The first-order valence-electron chi connectivity index (χ1n) is 11.0. The van der Waals surface area contributed by atoms with Gasteiger partial charge in [0.2, 0.25) is 5.91 Å². The molecular weight excluding hydrogens is 423 g/mol. The average Bonchev–Trinajstić information content (AvgIpc) is 3.62. The smallest absolute Gasteiger partial charge is 0.217 e. The van der Waals surface area contributed by atoms with Gasteiger partial charge in [0.15, 0.2) is 11.6 Å². The van der Waals surface area contributed by atoms with E-state index >= 15 is 0 Å². The van der Waals surface area contributed by atoms with Crippen molar-refractivity contribution in [3.63, 3.8) is 0 Å². The molecule has 1 aromatic heterocycles. The zero-order valence-electron chi connectivity index (χ0n) is 18.7. The lowest BCUT2D eigenvalue weighted by Crippen LogP contribution is -2.23. The maximum atomic E-state index is 14.4. The molecule has 7 heteroatoms. The highest BCUT2D eigenvalue weighted by Crippen LogP contribution is 2.31. The van der Waals surface area contributed by atoms with Gasteiger partial charge in [0, 0.05) is 13.0 Å². The van der Waals surface area contributed by atoms with Gasteiger partial charge in [-0.2, -0.15) is 0 Å². The molecule has 4 rings (SSSR count). The van der Waals surface area contributed by atoms with E-state index in [1.54, 1.807) is 37.4 Å². The quantitative estimate of drug-likeness (QED) is 0.437. The molecule has 1 atom stereocenters. The van der Waals surface area contributed by atoms with Crippen LogP contribution in [0.4, 0.5) is 4.39 Å². The van der Waals surface area contributed by atoms with Crippen LogP contribution in [-0.4, -0.2) is 17.5 Å². The van der Waals surface area contributed by atoms with Crippen molar-refractivity contribution in [2.45, 2.75) is 39.3 Å². The van der Waals surface area contributed by atoms with Gasteiger partial charge in [-0.05, 0) is 67.6 Å². The summed E-state index contributed by atoms with van der Waals surface area (Å²) in [5.41, 5.74) is 1.30. The molecule has 1 heterocycles. The van der Waals surface area contributed by atoms with Crippen LogP contribution < -0.4 is 19.5 Å². The molecule has 1 saturated carbocycles. The predicted octanol–water partition coefficient (Wildman–Crippen LogP) is 5.58. The fraction of sp³-hybridized carbons (Fsp3) is 0.308. The minimum absolute atomic E-state index is 0.113. The van der Waals surface area contributed by atoms with E-state index in [9.17, 15) is 9.18 Å². The maximum absolute atomic E-state index is 14.4. The lowest BCUT2D eigenvalue weighted by atomic mass is 10.1. The zero-order chi connectivity index (χ0) is 23.2. The van der Waals surface area contributed by atoms with Gasteiger partial charge in [-0.25, -0.2) is 4.39 Å². The van der Waals surface area contributed by atoms with E-state index in [1.807, 2.05) is 24.3 Å². The van der Waals surface area contributed by atoms with Gasteiger partial charge in [0.25, 0.3) is 0 Å². The summed E-state index contributed by atoms with van der Waals surface area (Å²) in [5, 5.41) is 2.73. The Morgan fingerprint density at radius 2 is 1.91 bits per heavy atom. The minimum Gasteiger partial charge on any atom is -0.493 e. The topological polar surface area (TPSA) is 69.7 Å². The fourth-order valence-corrected chi connectivity index (χ4v) is 3.26. The Morgan fingerprint density at radius 1 is 1.09 bits per heavy atom. The van der Waals surface area contributed by atoms with Gasteiger partial charge in [0.1, 0.15) is 23.9 Å². The molecule has 0 aliphatic heterocycles. The third-order valence-electron chi connectivity index (χ3n) is 5.27. The SMILES string of the molecule is CC(=O)NC(C)c1ccc(OCc2ccc(Oc3cccc(OCC4CC4)c3)cn2)c(F)c1. The monoisotopic (exact) mass is 450 g/mol. The van der Waals surface area contributed by atoms with E-state index in [2.05, 4.69) is 10.3 Å². The van der Waals surface area contributed by atoms with Crippen molar-refractivity contribution in [2.75, 3.05) is 6.61 Å². The van der Waals surface area contributed by atoms with E-state index in [0.29, 0.717) is 28.7 Å². The summed E-state index contributed by atoms with van der Waals surface area (Å²) in [5.74, 6) is 2.19. The molecule has 0 bridgehead atoms.